The highest BCUT2D eigenvalue weighted by atomic mass is 16.3. The highest BCUT2D eigenvalue weighted by Crippen LogP contribution is 2.45. The van der Waals surface area contributed by atoms with Crippen molar-refractivity contribution in [3.63, 3.8) is 0 Å². The number of rotatable bonds is 1. The Morgan fingerprint density at radius 2 is 1.40 bits per heavy atom. The summed E-state index contributed by atoms with van der Waals surface area (Å²) in [6, 6.07) is 31.1. The summed E-state index contributed by atoms with van der Waals surface area (Å²) >= 11 is 0. The van der Waals surface area contributed by atoms with Crippen LogP contribution < -0.4 is 10.8 Å². The Bertz CT molecular complexity index is 2110. The van der Waals surface area contributed by atoms with Crippen LogP contribution in [-0.2, 0) is 0 Å². The number of para-hydroxylation sites is 3. The molecule has 2 unspecified atom stereocenters. The fraction of sp³-hybridized carbons (Fsp3) is 0.0938. The van der Waals surface area contributed by atoms with Gasteiger partial charge in [0.05, 0.1) is 11.0 Å². The molecule has 0 N–H and O–H groups in total. The largest absolute Gasteiger partial charge is 0.456 e. The van der Waals surface area contributed by atoms with E-state index >= 15 is 0 Å². The van der Waals surface area contributed by atoms with E-state index in [0.717, 1.165) is 54.3 Å². The van der Waals surface area contributed by atoms with Crippen molar-refractivity contribution in [1.29, 1.82) is 0 Å². The van der Waals surface area contributed by atoms with Gasteiger partial charge in [-0.25, -0.2) is 0 Å². The van der Waals surface area contributed by atoms with Crippen LogP contribution in [0.15, 0.2) is 100 Å². The lowest BCUT2D eigenvalue weighted by Gasteiger charge is -2.26. The van der Waals surface area contributed by atoms with Crippen molar-refractivity contribution >= 4 is 55.2 Å². The third-order valence-corrected chi connectivity index (χ3v) is 7.95. The molecule has 4 aromatic carbocycles. The lowest BCUT2D eigenvalue weighted by Crippen LogP contribution is -2.26. The summed E-state index contributed by atoms with van der Waals surface area (Å²) in [5.74, 6) is 0.291. The summed E-state index contributed by atoms with van der Waals surface area (Å²) in [6.07, 6.45) is 2.37. The third-order valence-electron chi connectivity index (χ3n) is 7.95. The van der Waals surface area contributed by atoms with Gasteiger partial charge in [0.1, 0.15) is 11.2 Å². The van der Waals surface area contributed by atoms with E-state index in [9.17, 15) is 4.79 Å². The van der Waals surface area contributed by atoms with Gasteiger partial charge >= 0.3 is 0 Å². The second-order valence-corrected chi connectivity index (χ2v) is 9.68. The quantitative estimate of drug-likeness (QED) is 0.272. The molecule has 0 amide bonds. The molecule has 7 aromatic rings. The minimum atomic E-state index is 0.0558. The van der Waals surface area contributed by atoms with Gasteiger partial charge in [-0.1, -0.05) is 85.8 Å². The van der Waals surface area contributed by atoms with E-state index in [0.29, 0.717) is 0 Å². The molecule has 3 heterocycles. The third kappa shape index (κ3) is 2.33. The Hall–Kier alpha value is -4.37. The van der Waals surface area contributed by atoms with Crippen LogP contribution in [0.5, 0.6) is 0 Å². The molecular formula is C32H21NO2. The van der Waals surface area contributed by atoms with E-state index in [-0.39, 0.29) is 17.4 Å². The van der Waals surface area contributed by atoms with Crippen molar-refractivity contribution in [1.82, 2.24) is 4.40 Å². The molecule has 0 spiro atoms. The maximum absolute atomic E-state index is 13.7. The van der Waals surface area contributed by atoms with Gasteiger partial charge in [0.15, 0.2) is 0 Å². The predicted molar refractivity (Wildman–Crippen MR) is 143 cm³/mol. The number of hydrogen-bond acceptors (Lipinski definition) is 2. The lowest BCUT2D eigenvalue weighted by atomic mass is 9.77. The Morgan fingerprint density at radius 1 is 0.714 bits per heavy atom. The first-order valence-corrected chi connectivity index (χ1v) is 12.1. The number of furan rings is 1. The van der Waals surface area contributed by atoms with Crippen LogP contribution in [0.3, 0.4) is 0 Å². The molecule has 3 aromatic heterocycles. The second kappa shape index (κ2) is 6.61. The van der Waals surface area contributed by atoms with Gasteiger partial charge in [-0.15, -0.1) is 0 Å². The summed E-state index contributed by atoms with van der Waals surface area (Å²) in [5, 5.41) is 6.37. The van der Waals surface area contributed by atoms with E-state index in [1.807, 2.05) is 40.8 Å². The number of aromatic nitrogens is 1. The molecule has 0 aliphatic heterocycles. The van der Waals surface area contributed by atoms with Crippen molar-refractivity contribution < 1.29 is 4.42 Å². The maximum atomic E-state index is 13.7. The fourth-order valence-electron chi connectivity index (χ4n) is 6.42. The molecule has 0 bridgehead atoms. The smallest absolute Gasteiger partial charge is 0.263 e. The first-order chi connectivity index (χ1) is 17.2. The van der Waals surface area contributed by atoms with Crippen LogP contribution in [0.1, 0.15) is 29.9 Å². The molecular weight excluding hydrogens is 430 g/mol. The first-order valence-electron chi connectivity index (χ1n) is 12.1. The molecule has 8 rings (SSSR count). The Balaban J connectivity index is 1.56. The molecule has 1 aliphatic carbocycles. The average molecular weight is 452 g/mol. The Morgan fingerprint density at radius 3 is 2.26 bits per heavy atom. The van der Waals surface area contributed by atoms with Gasteiger partial charge in [-0.2, -0.15) is 0 Å². The van der Waals surface area contributed by atoms with Crippen molar-refractivity contribution in [2.45, 2.75) is 18.8 Å². The molecule has 0 radical (unpaired) electrons. The summed E-state index contributed by atoms with van der Waals surface area (Å²) in [6.45, 7) is 2.28. The first kappa shape index (κ1) is 19.0. The van der Waals surface area contributed by atoms with Gasteiger partial charge in [0.2, 0.25) is 0 Å². The van der Waals surface area contributed by atoms with E-state index in [2.05, 4.69) is 67.6 Å². The topological polar surface area (TPSA) is 34.6 Å². The highest BCUT2D eigenvalue weighted by Gasteiger charge is 2.31. The fourth-order valence-corrected chi connectivity index (χ4v) is 6.42. The molecule has 3 nitrogen and oxygen atoms in total. The Labute approximate surface area is 200 Å². The van der Waals surface area contributed by atoms with Gasteiger partial charge in [0.25, 0.3) is 5.56 Å². The van der Waals surface area contributed by atoms with Crippen LogP contribution in [0.4, 0.5) is 0 Å². The Kier molecular flexibility index (Phi) is 3.58. The normalized spacial score (nSPS) is 17.6. The van der Waals surface area contributed by atoms with Crippen LogP contribution in [-0.4, -0.2) is 4.40 Å². The SMILES string of the molecule is CC1c2c3ccccc3n3c(=O)c4ccccc4c(c23)=CC1c1cccc2c1oc1ccccc12. The van der Waals surface area contributed by atoms with Gasteiger partial charge in [0, 0.05) is 38.2 Å². The van der Waals surface area contributed by atoms with Gasteiger partial charge in [-0.3, -0.25) is 9.20 Å². The summed E-state index contributed by atoms with van der Waals surface area (Å²) in [5.41, 5.74) is 6.40. The van der Waals surface area contributed by atoms with E-state index in [1.54, 1.807) is 0 Å². The highest BCUT2D eigenvalue weighted by molar-refractivity contribution is 6.06. The van der Waals surface area contributed by atoms with Gasteiger partial charge < -0.3 is 4.42 Å². The van der Waals surface area contributed by atoms with E-state index < -0.39 is 0 Å². The van der Waals surface area contributed by atoms with Crippen molar-refractivity contribution in [2.24, 2.45) is 0 Å². The molecule has 1 aliphatic rings. The second-order valence-electron chi connectivity index (χ2n) is 9.68. The van der Waals surface area contributed by atoms with Gasteiger partial charge in [-0.05, 0) is 35.1 Å². The molecule has 0 saturated carbocycles. The van der Waals surface area contributed by atoms with Crippen molar-refractivity contribution in [3.05, 3.63) is 118 Å². The number of fused-ring (bicyclic) bond motifs is 8. The number of hydrogen-bond donors (Lipinski definition) is 0. The van der Waals surface area contributed by atoms with Crippen LogP contribution >= 0.6 is 0 Å². The zero-order chi connectivity index (χ0) is 23.3. The minimum absolute atomic E-state index is 0.0558. The lowest BCUT2D eigenvalue weighted by molar-refractivity contribution is 0.643. The van der Waals surface area contributed by atoms with Crippen molar-refractivity contribution in [2.75, 3.05) is 0 Å². The zero-order valence-corrected chi connectivity index (χ0v) is 19.2. The molecule has 166 valence electrons. The monoisotopic (exact) mass is 451 g/mol. The molecule has 35 heavy (non-hydrogen) atoms. The predicted octanol–water partition coefficient (Wildman–Crippen LogP) is 6.91. The number of pyridine rings is 1. The van der Waals surface area contributed by atoms with E-state index in [4.69, 9.17) is 4.42 Å². The van der Waals surface area contributed by atoms with Crippen LogP contribution in [0.2, 0.25) is 0 Å². The molecule has 0 saturated heterocycles. The number of nitrogens with zero attached hydrogens (tertiary/aromatic N) is 1. The van der Waals surface area contributed by atoms with Crippen LogP contribution in [0.25, 0.3) is 55.2 Å². The minimum Gasteiger partial charge on any atom is -0.456 e. The summed E-state index contributed by atoms with van der Waals surface area (Å²) < 4.78 is 8.38. The van der Waals surface area contributed by atoms with Crippen molar-refractivity contribution in [3.8, 4) is 0 Å². The molecule has 3 heteroatoms. The average Bonchev–Trinajstić information content (AvgIpc) is 3.45. The number of benzene rings is 4. The molecule has 2 atom stereocenters. The zero-order valence-electron chi connectivity index (χ0n) is 19.2. The van der Waals surface area contributed by atoms with E-state index in [1.165, 1.54) is 11.1 Å². The maximum Gasteiger partial charge on any atom is 0.263 e. The molecule has 0 fully saturated rings. The van der Waals surface area contributed by atoms with Crippen LogP contribution in [0, 0.1) is 0 Å². The standard InChI is InChI=1S/C32H21NO2/c1-18-25(22-14-8-13-21-20-10-5-7-16-28(20)35-31(21)22)17-26-19-9-2-3-11-23(19)32(34)33-27-15-6-4-12-24(27)29(18)30(26)33/h2-18,25H,1H3. The summed E-state index contributed by atoms with van der Waals surface area (Å²) in [4.78, 5) is 13.7. The summed E-state index contributed by atoms with van der Waals surface area (Å²) in [7, 11) is 0.